The van der Waals surface area contributed by atoms with Crippen LogP contribution in [0, 0.1) is 0 Å². The van der Waals surface area contributed by atoms with Crippen molar-refractivity contribution in [2.45, 2.75) is 38.5 Å². The van der Waals surface area contributed by atoms with E-state index in [-0.39, 0.29) is 11.8 Å². The van der Waals surface area contributed by atoms with Crippen molar-refractivity contribution in [2.24, 2.45) is 0 Å². The normalized spacial score (nSPS) is 18.3. The first-order valence-electron chi connectivity index (χ1n) is 7.32. The van der Waals surface area contributed by atoms with Crippen LogP contribution in [0.5, 0.6) is 5.75 Å². The molecule has 0 spiro atoms. The highest BCUT2D eigenvalue weighted by atomic mass is 16.5. The minimum absolute atomic E-state index is 0.0796. The minimum Gasteiger partial charge on any atom is -0.492 e. The van der Waals surface area contributed by atoms with E-state index in [4.69, 9.17) is 4.74 Å². The molecule has 4 heteroatoms. The first kappa shape index (κ1) is 13.2. The average Bonchev–Trinajstić information content (AvgIpc) is 2.79. The molecule has 0 N–H and O–H groups in total. The second-order valence-corrected chi connectivity index (χ2v) is 5.43. The molecule has 1 aliphatic heterocycles. The molecule has 2 aliphatic rings. The van der Waals surface area contributed by atoms with E-state index >= 15 is 0 Å². The van der Waals surface area contributed by atoms with E-state index in [0.717, 1.165) is 18.6 Å². The largest absolute Gasteiger partial charge is 0.492 e. The summed E-state index contributed by atoms with van der Waals surface area (Å²) in [6.45, 7) is 0.727. The van der Waals surface area contributed by atoms with E-state index in [0.29, 0.717) is 26.0 Å². The summed E-state index contributed by atoms with van der Waals surface area (Å²) < 4.78 is 5.68. The van der Waals surface area contributed by atoms with Gasteiger partial charge in [0, 0.05) is 12.8 Å². The van der Waals surface area contributed by atoms with Crippen LogP contribution in [-0.4, -0.2) is 29.9 Å². The van der Waals surface area contributed by atoms with Crippen LogP contribution in [0.1, 0.15) is 36.8 Å². The van der Waals surface area contributed by atoms with Crippen LogP contribution in [-0.2, 0) is 22.4 Å². The SMILES string of the molecule is O=C1CCC(=O)N1CCOc1ccc2c(c1)CCCC2. The molecule has 0 aromatic heterocycles. The van der Waals surface area contributed by atoms with Crippen molar-refractivity contribution in [2.75, 3.05) is 13.2 Å². The zero-order valence-electron chi connectivity index (χ0n) is 11.6. The lowest BCUT2D eigenvalue weighted by molar-refractivity contribution is -0.138. The summed E-state index contributed by atoms with van der Waals surface area (Å²) in [6, 6.07) is 6.22. The van der Waals surface area contributed by atoms with Crippen LogP contribution in [0.2, 0.25) is 0 Å². The first-order valence-corrected chi connectivity index (χ1v) is 7.32. The molecule has 106 valence electrons. The Morgan fingerprint density at radius 2 is 1.65 bits per heavy atom. The van der Waals surface area contributed by atoms with Gasteiger partial charge in [-0.2, -0.15) is 0 Å². The first-order chi connectivity index (χ1) is 9.74. The summed E-state index contributed by atoms with van der Waals surface area (Å²) in [6.07, 6.45) is 5.48. The number of fused-ring (bicyclic) bond motifs is 1. The molecule has 0 atom stereocenters. The van der Waals surface area contributed by atoms with Gasteiger partial charge in [-0.25, -0.2) is 0 Å². The molecular weight excluding hydrogens is 254 g/mol. The predicted octanol–water partition coefficient (Wildman–Crippen LogP) is 2.09. The van der Waals surface area contributed by atoms with Gasteiger partial charge in [0.25, 0.3) is 0 Å². The van der Waals surface area contributed by atoms with Crippen molar-refractivity contribution >= 4 is 11.8 Å². The zero-order valence-corrected chi connectivity index (χ0v) is 11.6. The van der Waals surface area contributed by atoms with Crippen molar-refractivity contribution in [3.05, 3.63) is 29.3 Å². The maximum atomic E-state index is 11.5. The van der Waals surface area contributed by atoms with E-state index in [2.05, 4.69) is 12.1 Å². The second-order valence-electron chi connectivity index (χ2n) is 5.43. The smallest absolute Gasteiger partial charge is 0.229 e. The van der Waals surface area contributed by atoms with Gasteiger partial charge in [0.1, 0.15) is 12.4 Å². The fourth-order valence-electron chi connectivity index (χ4n) is 2.93. The lowest BCUT2D eigenvalue weighted by Crippen LogP contribution is -2.33. The van der Waals surface area contributed by atoms with E-state index in [9.17, 15) is 9.59 Å². The number of aryl methyl sites for hydroxylation is 2. The third-order valence-electron chi connectivity index (χ3n) is 4.06. The van der Waals surface area contributed by atoms with Crippen molar-refractivity contribution in [3.8, 4) is 5.75 Å². The molecule has 2 amide bonds. The number of hydrogen-bond donors (Lipinski definition) is 0. The molecule has 1 fully saturated rings. The quantitative estimate of drug-likeness (QED) is 0.789. The molecule has 1 heterocycles. The van der Waals surface area contributed by atoms with Gasteiger partial charge >= 0.3 is 0 Å². The number of nitrogens with zero attached hydrogens (tertiary/aromatic N) is 1. The Hall–Kier alpha value is -1.84. The monoisotopic (exact) mass is 273 g/mol. The molecule has 1 saturated heterocycles. The van der Waals surface area contributed by atoms with Gasteiger partial charge in [0.05, 0.1) is 6.54 Å². The van der Waals surface area contributed by atoms with E-state index < -0.39 is 0 Å². The van der Waals surface area contributed by atoms with Crippen LogP contribution in [0.3, 0.4) is 0 Å². The highest BCUT2D eigenvalue weighted by Crippen LogP contribution is 2.25. The van der Waals surface area contributed by atoms with Gasteiger partial charge < -0.3 is 4.74 Å². The predicted molar refractivity (Wildman–Crippen MR) is 74.5 cm³/mol. The molecule has 1 aliphatic carbocycles. The summed E-state index contributed by atoms with van der Waals surface area (Å²) in [4.78, 5) is 24.2. The summed E-state index contributed by atoms with van der Waals surface area (Å²) in [5.74, 6) is 0.679. The Morgan fingerprint density at radius 1 is 0.950 bits per heavy atom. The Balaban J connectivity index is 1.56. The topological polar surface area (TPSA) is 46.6 Å². The maximum absolute atomic E-state index is 11.5. The number of hydrogen-bond acceptors (Lipinski definition) is 3. The minimum atomic E-state index is -0.0796. The average molecular weight is 273 g/mol. The highest BCUT2D eigenvalue weighted by molar-refractivity contribution is 6.01. The summed E-state index contributed by atoms with van der Waals surface area (Å²) in [5, 5.41) is 0. The highest BCUT2D eigenvalue weighted by Gasteiger charge is 2.28. The number of carbonyl (C=O) groups excluding carboxylic acids is 2. The fourth-order valence-corrected chi connectivity index (χ4v) is 2.93. The number of amides is 2. The van der Waals surface area contributed by atoms with Crippen molar-refractivity contribution < 1.29 is 14.3 Å². The Bertz CT molecular complexity index is 523. The van der Waals surface area contributed by atoms with Crippen molar-refractivity contribution in [1.29, 1.82) is 0 Å². The van der Waals surface area contributed by atoms with Crippen LogP contribution in [0.25, 0.3) is 0 Å². The van der Waals surface area contributed by atoms with Crippen LogP contribution >= 0.6 is 0 Å². The number of ether oxygens (including phenoxy) is 1. The molecule has 4 nitrogen and oxygen atoms in total. The number of imide groups is 1. The van der Waals surface area contributed by atoms with Gasteiger partial charge in [0.2, 0.25) is 11.8 Å². The molecule has 0 saturated carbocycles. The van der Waals surface area contributed by atoms with Gasteiger partial charge in [-0.3, -0.25) is 14.5 Å². The van der Waals surface area contributed by atoms with Crippen molar-refractivity contribution in [1.82, 2.24) is 4.90 Å². The molecule has 0 radical (unpaired) electrons. The number of rotatable bonds is 4. The second kappa shape index (κ2) is 5.65. The molecule has 20 heavy (non-hydrogen) atoms. The van der Waals surface area contributed by atoms with Crippen LogP contribution in [0.4, 0.5) is 0 Å². The van der Waals surface area contributed by atoms with Crippen molar-refractivity contribution in [3.63, 3.8) is 0 Å². The summed E-state index contributed by atoms with van der Waals surface area (Å²) in [5.41, 5.74) is 2.80. The number of carbonyl (C=O) groups is 2. The number of likely N-dealkylation sites (tertiary alicyclic amines) is 1. The standard InChI is InChI=1S/C16H19NO3/c18-15-7-8-16(19)17(15)9-10-20-14-6-5-12-3-1-2-4-13(12)11-14/h5-6,11H,1-4,7-10H2. The zero-order chi connectivity index (χ0) is 13.9. The third-order valence-corrected chi connectivity index (χ3v) is 4.06. The molecule has 0 bridgehead atoms. The number of benzene rings is 1. The van der Waals surface area contributed by atoms with Gasteiger partial charge in [0.15, 0.2) is 0 Å². The molecule has 1 aromatic rings. The third kappa shape index (κ3) is 2.69. The summed E-state index contributed by atoms with van der Waals surface area (Å²) in [7, 11) is 0. The lowest BCUT2D eigenvalue weighted by Gasteiger charge is -2.18. The Kier molecular flexibility index (Phi) is 3.72. The van der Waals surface area contributed by atoms with Crippen LogP contribution in [0.15, 0.2) is 18.2 Å². The van der Waals surface area contributed by atoms with Gasteiger partial charge in [-0.05, 0) is 48.9 Å². The van der Waals surface area contributed by atoms with E-state index in [1.165, 1.54) is 28.9 Å². The van der Waals surface area contributed by atoms with E-state index in [1.807, 2.05) is 6.07 Å². The molecule has 0 unspecified atom stereocenters. The van der Waals surface area contributed by atoms with Gasteiger partial charge in [-0.15, -0.1) is 0 Å². The van der Waals surface area contributed by atoms with E-state index in [1.54, 1.807) is 0 Å². The summed E-state index contributed by atoms with van der Waals surface area (Å²) >= 11 is 0. The Labute approximate surface area is 118 Å². The molecular formula is C16H19NO3. The lowest BCUT2D eigenvalue weighted by atomic mass is 9.92. The van der Waals surface area contributed by atoms with Crippen LogP contribution < -0.4 is 4.74 Å². The molecule has 3 rings (SSSR count). The fraction of sp³-hybridized carbons (Fsp3) is 0.500. The molecule has 1 aromatic carbocycles. The Morgan fingerprint density at radius 3 is 2.40 bits per heavy atom. The van der Waals surface area contributed by atoms with Gasteiger partial charge in [-0.1, -0.05) is 6.07 Å². The maximum Gasteiger partial charge on any atom is 0.229 e.